The van der Waals surface area contributed by atoms with Crippen molar-refractivity contribution in [1.29, 1.82) is 0 Å². The zero-order valence-corrected chi connectivity index (χ0v) is 8.81. The van der Waals surface area contributed by atoms with Crippen molar-refractivity contribution >= 4 is 23.7 Å². The Morgan fingerprint density at radius 1 is 1.53 bits per heavy atom. The molecule has 1 unspecified atom stereocenters. The lowest BCUT2D eigenvalue weighted by molar-refractivity contribution is -0.137. The summed E-state index contributed by atoms with van der Waals surface area (Å²) in [6.07, 6.45) is 1.02. The summed E-state index contributed by atoms with van der Waals surface area (Å²) < 4.78 is 18.1. The molecule has 0 fully saturated rings. The Hall–Kier alpha value is -2.24. The molecule has 0 amide bonds. The van der Waals surface area contributed by atoms with Gasteiger partial charge in [-0.3, -0.25) is 14.6 Å². The quantitative estimate of drug-likeness (QED) is 0.789. The number of hydrogen-bond acceptors (Lipinski definition) is 4. The number of nitrogens with zero attached hydrogens (tertiary/aromatic N) is 1. The van der Waals surface area contributed by atoms with Crippen molar-refractivity contribution in [2.24, 2.45) is 10.9 Å². The molecule has 0 saturated heterocycles. The Balaban J connectivity index is 2.60. The Kier molecular flexibility index (Phi) is 2.63. The van der Waals surface area contributed by atoms with E-state index in [1.807, 2.05) is 0 Å². The summed E-state index contributed by atoms with van der Waals surface area (Å²) in [5, 5.41) is 8.79. The highest BCUT2D eigenvalue weighted by molar-refractivity contribution is 6.22. The molecule has 0 spiro atoms. The second-order valence-corrected chi connectivity index (χ2v) is 3.46. The largest absolute Gasteiger partial charge is 0.494 e. The van der Waals surface area contributed by atoms with E-state index in [4.69, 9.17) is 9.84 Å². The minimum Gasteiger partial charge on any atom is -0.494 e. The second kappa shape index (κ2) is 3.97. The van der Waals surface area contributed by atoms with Crippen LogP contribution >= 0.6 is 0 Å². The van der Waals surface area contributed by atoms with Crippen LogP contribution in [0.3, 0.4) is 0 Å². The molecular formula is C11H8FNO4. The number of fused-ring (bicyclic) bond motifs is 1. The predicted molar refractivity (Wildman–Crippen MR) is 56.6 cm³/mol. The van der Waals surface area contributed by atoms with Gasteiger partial charge in [-0.1, -0.05) is 0 Å². The van der Waals surface area contributed by atoms with Crippen LogP contribution in [0.4, 0.5) is 10.1 Å². The summed E-state index contributed by atoms with van der Waals surface area (Å²) in [6, 6.07) is 2.05. The third-order valence-corrected chi connectivity index (χ3v) is 2.43. The number of aliphatic carboxylic acids is 1. The Morgan fingerprint density at radius 2 is 2.24 bits per heavy atom. The van der Waals surface area contributed by atoms with E-state index in [-0.39, 0.29) is 17.0 Å². The molecule has 6 heteroatoms. The van der Waals surface area contributed by atoms with Crippen molar-refractivity contribution in [3.05, 3.63) is 23.5 Å². The number of Topliss-reactive ketones (excluding diaryl/α,β-unsaturated/α-hetero) is 1. The van der Waals surface area contributed by atoms with Crippen LogP contribution in [0.5, 0.6) is 5.75 Å². The first-order valence-corrected chi connectivity index (χ1v) is 4.73. The number of hydrogen-bond donors (Lipinski definition) is 1. The van der Waals surface area contributed by atoms with Crippen molar-refractivity contribution in [3.8, 4) is 5.75 Å². The van der Waals surface area contributed by atoms with E-state index >= 15 is 0 Å². The van der Waals surface area contributed by atoms with E-state index in [1.165, 1.54) is 7.11 Å². The highest BCUT2D eigenvalue weighted by atomic mass is 19.1. The lowest BCUT2D eigenvalue weighted by Gasteiger charge is -2.16. The van der Waals surface area contributed by atoms with Gasteiger partial charge in [0.25, 0.3) is 0 Å². The predicted octanol–water partition coefficient (Wildman–Crippen LogP) is 1.43. The SMILES string of the molecule is COc1cc(F)cc2c1N=CC(C(=O)O)C2=O. The van der Waals surface area contributed by atoms with Crippen LogP contribution in [0, 0.1) is 11.7 Å². The average molecular weight is 237 g/mol. The van der Waals surface area contributed by atoms with E-state index < -0.39 is 23.5 Å². The summed E-state index contributed by atoms with van der Waals surface area (Å²) in [6.45, 7) is 0. The number of carboxylic acids is 1. The third-order valence-electron chi connectivity index (χ3n) is 2.43. The molecule has 1 aliphatic rings. The molecule has 0 bridgehead atoms. The highest BCUT2D eigenvalue weighted by Gasteiger charge is 2.32. The topological polar surface area (TPSA) is 76.0 Å². The molecule has 1 atom stereocenters. The normalized spacial score (nSPS) is 17.8. The van der Waals surface area contributed by atoms with Gasteiger partial charge in [-0.25, -0.2) is 4.39 Å². The fourth-order valence-corrected chi connectivity index (χ4v) is 1.61. The van der Waals surface area contributed by atoms with Crippen LogP contribution in [0.2, 0.25) is 0 Å². The molecule has 5 nitrogen and oxygen atoms in total. The van der Waals surface area contributed by atoms with Crippen LogP contribution in [0.25, 0.3) is 0 Å². The number of ketones is 1. The van der Waals surface area contributed by atoms with Crippen molar-refractivity contribution in [1.82, 2.24) is 0 Å². The molecule has 1 aromatic rings. The summed E-state index contributed by atoms with van der Waals surface area (Å²) in [4.78, 5) is 26.4. The number of benzene rings is 1. The van der Waals surface area contributed by atoms with E-state index in [2.05, 4.69) is 4.99 Å². The molecule has 88 valence electrons. The monoisotopic (exact) mass is 237 g/mol. The average Bonchev–Trinajstić information content (AvgIpc) is 2.28. The molecule has 0 radical (unpaired) electrons. The lowest BCUT2D eigenvalue weighted by atomic mass is 9.94. The number of carbonyl (C=O) groups is 2. The molecule has 1 aromatic carbocycles. The van der Waals surface area contributed by atoms with E-state index in [0.717, 1.165) is 18.3 Å². The summed E-state index contributed by atoms with van der Waals surface area (Å²) in [5.74, 6) is -3.94. The van der Waals surface area contributed by atoms with Crippen molar-refractivity contribution in [2.75, 3.05) is 7.11 Å². The molecule has 0 aromatic heterocycles. The van der Waals surface area contributed by atoms with Gasteiger partial charge in [-0.05, 0) is 6.07 Å². The number of methoxy groups -OCH3 is 1. The molecular weight excluding hydrogens is 229 g/mol. The van der Waals surface area contributed by atoms with Gasteiger partial charge in [0.2, 0.25) is 0 Å². The van der Waals surface area contributed by atoms with Gasteiger partial charge in [0.1, 0.15) is 17.3 Å². The number of rotatable bonds is 2. The van der Waals surface area contributed by atoms with Crippen LogP contribution < -0.4 is 4.74 Å². The Labute approximate surface area is 95.5 Å². The van der Waals surface area contributed by atoms with E-state index in [9.17, 15) is 14.0 Å². The van der Waals surface area contributed by atoms with Crippen LogP contribution in [-0.4, -0.2) is 30.2 Å². The molecule has 1 heterocycles. The number of aliphatic imine (C=N–C) groups is 1. The fourth-order valence-electron chi connectivity index (χ4n) is 1.61. The molecule has 1 N–H and O–H groups in total. The maximum atomic E-state index is 13.2. The maximum absolute atomic E-state index is 13.2. The van der Waals surface area contributed by atoms with Crippen molar-refractivity contribution in [3.63, 3.8) is 0 Å². The molecule has 2 rings (SSSR count). The first-order chi connectivity index (χ1) is 8.04. The Bertz CT molecular complexity index is 539. The fraction of sp³-hybridized carbons (Fsp3) is 0.182. The van der Waals surface area contributed by atoms with Gasteiger partial charge < -0.3 is 9.84 Å². The van der Waals surface area contributed by atoms with Gasteiger partial charge >= 0.3 is 5.97 Å². The zero-order chi connectivity index (χ0) is 12.6. The van der Waals surface area contributed by atoms with Crippen molar-refractivity contribution < 1.29 is 23.8 Å². The van der Waals surface area contributed by atoms with Gasteiger partial charge in [0.05, 0.1) is 12.7 Å². The van der Waals surface area contributed by atoms with Crippen molar-refractivity contribution in [2.45, 2.75) is 0 Å². The van der Waals surface area contributed by atoms with Gasteiger partial charge in [0, 0.05) is 12.3 Å². The van der Waals surface area contributed by atoms with Gasteiger partial charge in [-0.2, -0.15) is 0 Å². The lowest BCUT2D eigenvalue weighted by Crippen LogP contribution is -2.27. The third kappa shape index (κ3) is 1.77. The summed E-state index contributed by atoms with van der Waals surface area (Å²) in [5.41, 5.74) is 0.0909. The van der Waals surface area contributed by atoms with Gasteiger partial charge in [-0.15, -0.1) is 0 Å². The standard InChI is InChI=1S/C11H8FNO4/c1-17-8-3-5(12)2-6-9(8)13-4-7(10(6)14)11(15)16/h2-4,7H,1H3,(H,15,16). The molecule has 0 aliphatic carbocycles. The molecule has 0 saturated carbocycles. The number of halogens is 1. The van der Waals surface area contributed by atoms with E-state index in [1.54, 1.807) is 0 Å². The summed E-state index contributed by atoms with van der Waals surface area (Å²) in [7, 11) is 1.32. The first kappa shape index (κ1) is 11.3. The maximum Gasteiger partial charge on any atom is 0.319 e. The highest BCUT2D eigenvalue weighted by Crippen LogP contribution is 2.36. The molecule has 1 aliphatic heterocycles. The minimum absolute atomic E-state index is 0.0725. The number of ether oxygens (including phenoxy) is 1. The summed E-state index contributed by atoms with van der Waals surface area (Å²) >= 11 is 0. The van der Waals surface area contributed by atoms with Crippen LogP contribution in [0.15, 0.2) is 17.1 Å². The second-order valence-electron chi connectivity index (χ2n) is 3.46. The first-order valence-electron chi connectivity index (χ1n) is 4.73. The minimum atomic E-state index is -1.37. The smallest absolute Gasteiger partial charge is 0.319 e. The molecule has 17 heavy (non-hydrogen) atoms. The number of carboxylic acid groups (broad SMARTS) is 1. The number of carbonyl (C=O) groups excluding carboxylic acids is 1. The van der Waals surface area contributed by atoms with E-state index in [0.29, 0.717) is 0 Å². The van der Waals surface area contributed by atoms with Crippen LogP contribution in [0.1, 0.15) is 10.4 Å². The zero-order valence-electron chi connectivity index (χ0n) is 8.81. The van der Waals surface area contributed by atoms with Crippen LogP contribution in [-0.2, 0) is 4.79 Å². The van der Waals surface area contributed by atoms with Gasteiger partial charge in [0.15, 0.2) is 11.7 Å². The Morgan fingerprint density at radius 3 is 2.82 bits per heavy atom.